The van der Waals surface area contributed by atoms with Crippen LogP contribution in [0.3, 0.4) is 0 Å². The second-order valence-electron chi connectivity index (χ2n) is 6.90. The van der Waals surface area contributed by atoms with Gasteiger partial charge in [0, 0.05) is 41.3 Å². The second kappa shape index (κ2) is 9.98. The van der Waals surface area contributed by atoms with Gasteiger partial charge in [-0.15, -0.1) is 0 Å². The summed E-state index contributed by atoms with van der Waals surface area (Å²) in [7, 11) is 1.53. The second-order valence-corrected chi connectivity index (χ2v) is 7.31. The third-order valence-electron chi connectivity index (χ3n) is 4.77. The molecule has 2 heterocycles. The third-order valence-corrected chi connectivity index (χ3v) is 5.14. The van der Waals surface area contributed by atoms with Gasteiger partial charge >= 0.3 is 0 Å². The van der Waals surface area contributed by atoms with Gasteiger partial charge < -0.3 is 14.8 Å². The molecule has 0 fully saturated rings. The minimum absolute atomic E-state index is 0.225. The van der Waals surface area contributed by atoms with E-state index < -0.39 is 0 Å². The predicted octanol–water partition coefficient (Wildman–Crippen LogP) is 4.44. The van der Waals surface area contributed by atoms with E-state index in [9.17, 15) is 4.79 Å². The summed E-state index contributed by atoms with van der Waals surface area (Å²) in [6, 6.07) is 18.1. The standard InChI is InChI=1S/C24H21ClN4O3/c1-31-22-13-18(8-9-21(22)32-16-19-5-2-3-6-20(19)25)24(30)27-15-17-7-10-23(26-14-17)29-12-4-11-28-29/h2-14H,15-16H2,1H3,(H,27,30). The Morgan fingerprint density at radius 1 is 1.09 bits per heavy atom. The molecule has 0 bridgehead atoms. The lowest BCUT2D eigenvalue weighted by Gasteiger charge is -2.13. The molecular weight excluding hydrogens is 428 g/mol. The van der Waals surface area contributed by atoms with E-state index in [0.717, 1.165) is 11.1 Å². The van der Waals surface area contributed by atoms with E-state index in [1.165, 1.54) is 7.11 Å². The fourth-order valence-corrected chi connectivity index (χ4v) is 3.23. The van der Waals surface area contributed by atoms with Crippen LogP contribution < -0.4 is 14.8 Å². The minimum Gasteiger partial charge on any atom is -0.493 e. The molecule has 32 heavy (non-hydrogen) atoms. The number of benzene rings is 2. The zero-order chi connectivity index (χ0) is 22.3. The van der Waals surface area contributed by atoms with Crippen molar-refractivity contribution in [3.05, 3.63) is 101 Å². The SMILES string of the molecule is COc1cc(C(=O)NCc2ccc(-n3cccn3)nc2)ccc1OCc1ccccc1Cl. The number of nitrogens with one attached hydrogen (secondary N) is 1. The number of halogens is 1. The van der Waals surface area contributed by atoms with E-state index in [0.29, 0.717) is 41.1 Å². The number of amides is 1. The van der Waals surface area contributed by atoms with Crippen molar-refractivity contribution in [2.75, 3.05) is 7.11 Å². The molecule has 0 saturated carbocycles. The van der Waals surface area contributed by atoms with Gasteiger partial charge in [0.25, 0.3) is 5.91 Å². The van der Waals surface area contributed by atoms with Crippen molar-refractivity contribution in [3.8, 4) is 17.3 Å². The van der Waals surface area contributed by atoms with E-state index >= 15 is 0 Å². The highest BCUT2D eigenvalue weighted by Gasteiger charge is 2.12. The summed E-state index contributed by atoms with van der Waals surface area (Å²) in [6.07, 6.45) is 5.22. The summed E-state index contributed by atoms with van der Waals surface area (Å²) < 4.78 is 12.9. The van der Waals surface area contributed by atoms with Crippen LogP contribution in [0, 0.1) is 0 Å². The Balaban J connectivity index is 1.37. The molecule has 0 unspecified atom stereocenters. The van der Waals surface area contributed by atoms with Crippen LogP contribution in [-0.4, -0.2) is 27.8 Å². The highest BCUT2D eigenvalue weighted by Crippen LogP contribution is 2.29. The number of ether oxygens (including phenoxy) is 2. The molecule has 0 atom stereocenters. The largest absolute Gasteiger partial charge is 0.493 e. The van der Waals surface area contributed by atoms with Crippen LogP contribution >= 0.6 is 11.6 Å². The van der Waals surface area contributed by atoms with Gasteiger partial charge in [-0.3, -0.25) is 4.79 Å². The zero-order valence-corrected chi connectivity index (χ0v) is 18.1. The fourth-order valence-electron chi connectivity index (χ4n) is 3.04. The first-order chi connectivity index (χ1) is 15.6. The van der Waals surface area contributed by atoms with Gasteiger partial charge in [0.05, 0.1) is 7.11 Å². The van der Waals surface area contributed by atoms with Crippen molar-refractivity contribution in [2.24, 2.45) is 0 Å². The lowest BCUT2D eigenvalue weighted by molar-refractivity contribution is 0.0950. The summed E-state index contributed by atoms with van der Waals surface area (Å²) in [4.78, 5) is 17.0. The molecule has 7 nitrogen and oxygen atoms in total. The molecule has 1 amide bonds. The van der Waals surface area contributed by atoms with Crippen LogP contribution in [0.1, 0.15) is 21.5 Å². The Morgan fingerprint density at radius 2 is 1.97 bits per heavy atom. The van der Waals surface area contributed by atoms with Crippen molar-refractivity contribution < 1.29 is 14.3 Å². The van der Waals surface area contributed by atoms with Crippen LogP contribution in [0.2, 0.25) is 5.02 Å². The molecule has 2 aromatic carbocycles. The molecule has 162 valence electrons. The number of hydrogen-bond donors (Lipinski definition) is 1. The van der Waals surface area contributed by atoms with Crippen LogP contribution in [0.25, 0.3) is 5.82 Å². The summed E-state index contributed by atoms with van der Waals surface area (Å²) in [6.45, 7) is 0.640. The first-order valence-corrected chi connectivity index (χ1v) is 10.3. The number of nitrogens with zero attached hydrogens (tertiary/aromatic N) is 3. The lowest BCUT2D eigenvalue weighted by atomic mass is 10.1. The van der Waals surface area contributed by atoms with Gasteiger partial charge in [-0.2, -0.15) is 5.10 Å². The van der Waals surface area contributed by atoms with Crippen molar-refractivity contribution in [3.63, 3.8) is 0 Å². The molecule has 4 rings (SSSR count). The Labute approximate surface area is 190 Å². The van der Waals surface area contributed by atoms with E-state index in [4.69, 9.17) is 21.1 Å². The third kappa shape index (κ3) is 5.07. The molecule has 0 aliphatic heterocycles. The number of carbonyl (C=O) groups is 1. The first kappa shape index (κ1) is 21.4. The molecule has 0 spiro atoms. The van der Waals surface area contributed by atoms with Gasteiger partial charge in [0.15, 0.2) is 17.3 Å². The predicted molar refractivity (Wildman–Crippen MR) is 121 cm³/mol. The van der Waals surface area contributed by atoms with Crippen molar-refractivity contribution in [2.45, 2.75) is 13.2 Å². The fraction of sp³-hybridized carbons (Fsp3) is 0.125. The number of pyridine rings is 1. The maximum Gasteiger partial charge on any atom is 0.251 e. The normalized spacial score (nSPS) is 10.6. The number of rotatable bonds is 8. The highest BCUT2D eigenvalue weighted by atomic mass is 35.5. The van der Waals surface area contributed by atoms with Gasteiger partial charge in [0.2, 0.25) is 0 Å². The maximum absolute atomic E-state index is 12.6. The van der Waals surface area contributed by atoms with Crippen LogP contribution in [-0.2, 0) is 13.2 Å². The Bertz CT molecular complexity index is 1190. The zero-order valence-electron chi connectivity index (χ0n) is 17.4. The van der Waals surface area contributed by atoms with Crippen molar-refractivity contribution in [1.82, 2.24) is 20.1 Å². The van der Waals surface area contributed by atoms with Gasteiger partial charge in [-0.05, 0) is 42.0 Å². The van der Waals surface area contributed by atoms with E-state index in [2.05, 4.69) is 15.4 Å². The molecular formula is C24H21ClN4O3. The number of carbonyl (C=O) groups excluding carboxylic acids is 1. The summed E-state index contributed by atoms with van der Waals surface area (Å²) in [5, 5.41) is 7.67. The van der Waals surface area contributed by atoms with Crippen molar-refractivity contribution >= 4 is 17.5 Å². The maximum atomic E-state index is 12.6. The van der Waals surface area contributed by atoms with E-state index in [1.54, 1.807) is 35.3 Å². The van der Waals surface area contributed by atoms with Crippen molar-refractivity contribution in [1.29, 1.82) is 0 Å². The Morgan fingerprint density at radius 3 is 2.69 bits per heavy atom. The summed E-state index contributed by atoms with van der Waals surface area (Å²) in [5.74, 6) is 1.48. The summed E-state index contributed by atoms with van der Waals surface area (Å²) in [5.41, 5.74) is 2.21. The summed E-state index contributed by atoms with van der Waals surface area (Å²) >= 11 is 6.18. The quantitative estimate of drug-likeness (QED) is 0.431. The first-order valence-electron chi connectivity index (χ1n) is 9.91. The van der Waals surface area contributed by atoms with Gasteiger partial charge in [0.1, 0.15) is 6.61 Å². The smallest absolute Gasteiger partial charge is 0.251 e. The van der Waals surface area contributed by atoms with E-state index in [-0.39, 0.29) is 5.91 Å². The molecule has 4 aromatic rings. The molecule has 2 aromatic heterocycles. The molecule has 0 radical (unpaired) electrons. The van der Waals surface area contributed by atoms with Crippen LogP contribution in [0.15, 0.2) is 79.3 Å². The number of aromatic nitrogens is 3. The number of methoxy groups -OCH3 is 1. The average Bonchev–Trinajstić information content (AvgIpc) is 3.37. The van der Waals surface area contributed by atoms with Crippen LogP contribution in [0.5, 0.6) is 11.5 Å². The van der Waals surface area contributed by atoms with Gasteiger partial charge in [-0.25, -0.2) is 9.67 Å². The molecule has 1 N–H and O–H groups in total. The topological polar surface area (TPSA) is 78.3 Å². The van der Waals surface area contributed by atoms with E-state index in [1.807, 2.05) is 48.7 Å². The Kier molecular flexibility index (Phi) is 6.67. The molecule has 0 saturated heterocycles. The average molecular weight is 449 g/mol. The minimum atomic E-state index is -0.225. The van der Waals surface area contributed by atoms with Crippen LogP contribution in [0.4, 0.5) is 0 Å². The molecule has 8 heteroatoms. The molecule has 0 aliphatic rings. The Hall–Kier alpha value is -3.84. The lowest BCUT2D eigenvalue weighted by Crippen LogP contribution is -2.23. The molecule has 0 aliphatic carbocycles. The monoisotopic (exact) mass is 448 g/mol. The highest BCUT2D eigenvalue weighted by molar-refractivity contribution is 6.31. The van der Waals surface area contributed by atoms with Gasteiger partial charge in [-0.1, -0.05) is 35.9 Å². The number of hydrogen-bond acceptors (Lipinski definition) is 5.